The van der Waals surface area contributed by atoms with Crippen LogP contribution in [-0.4, -0.2) is 15.4 Å². The summed E-state index contributed by atoms with van der Waals surface area (Å²) in [6, 6.07) is 10.9. The number of rotatable bonds is 6. The molecule has 140 valence electrons. The summed E-state index contributed by atoms with van der Waals surface area (Å²) in [7, 11) is -0.315. The Morgan fingerprint density at radius 2 is 1.72 bits per heavy atom. The molecule has 0 amide bonds. The molecule has 0 aromatic heterocycles. The van der Waals surface area contributed by atoms with Crippen molar-refractivity contribution < 1.29 is 4.74 Å². The topological polar surface area (TPSA) is 9.23 Å². The van der Waals surface area contributed by atoms with Crippen LogP contribution in [-0.2, 0) is 0 Å². The second-order valence-electron chi connectivity index (χ2n) is 8.57. The molecule has 3 rings (SSSR count). The predicted molar refractivity (Wildman–Crippen MR) is 112 cm³/mol. The quantitative estimate of drug-likeness (QED) is 0.490. The zero-order valence-corrected chi connectivity index (χ0v) is 18.0. The second-order valence-corrected chi connectivity index (χ2v) is 12.4. The summed E-state index contributed by atoms with van der Waals surface area (Å²) in [5.74, 6) is 3.80. The minimum absolute atomic E-state index is 0.315. The zero-order valence-electron chi connectivity index (χ0n) is 16.1. The molecule has 1 aromatic rings. The first-order chi connectivity index (χ1) is 12.2. The monoisotopic (exact) mass is 378 g/mol. The van der Waals surface area contributed by atoms with Crippen molar-refractivity contribution in [3.05, 3.63) is 28.8 Å². The first kappa shape index (κ1) is 19.3. The van der Waals surface area contributed by atoms with E-state index in [-0.39, 0.29) is 8.80 Å². The number of hydrogen-bond donors (Lipinski definition) is 0. The van der Waals surface area contributed by atoms with Gasteiger partial charge in [0.25, 0.3) is 0 Å². The van der Waals surface area contributed by atoms with Crippen LogP contribution in [0.1, 0.15) is 57.4 Å². The normalized spacial score (nSPS) is 30.2. The van der Waals surface area contributed by atoms with E-state index in [2.05, 4.69) is 13.0 Å². The van der Waals surface area contributed by atoms with Gasteiger partial charge in [0.2, 0.25) is 0 Å². The third-order valence-corrected chi connectivity index (χ3v) is 10.9. The summed E-state index contributed by atoms with van der Waals surface area (Å²) in [4.78, 5) is 0. The molecule has 0 unspecified atom stereocenters. The van der Waals surface area contributed by atoms with Crippen LogP contribution >= 0.6 is 11.6 Å². The molecule has 2 aliphatic rings. The molecule has 1 saturated heterocycles. The van der Waals surface area contributed by atoms with Gasteiger partial charge in [0, 0.05) is 13.8 Å². The molecule has 0 N–H and O–H groups in total. The number of ether oxygens (including phenoxy) is 1. The number of halogens is 1. The molecule has 1 aliphatic heterocycles. The average Bonchev–Trinajstić information content (AvgIpc) is 2.64. The highest BCUT2D eigenvalue weighted by Gasteiger charge is 2.31. The van der Waals surface area contributed by atoms with Gasteiger partial charge in [0.1, 0.15) is 5.75 Å². The first-order valence-electron chi connectivity index (χ1n) is 10.5. The van der Waals surface area contributed by atoms with Crippen LogP contribution in [0.5, 0.6) is 5.75 Å². The van der Waals surface area contributed by atoms with Gasteiger partial charge in [-0.2, -0.15) is 0 Å². The van der Waals surface area contributed by atoms with E-state index in [1.165, 1.54) is 32.1 Å². The Labute approximate surface area is 161 Å². The Kier molecular flexibility index (Phi) is 7.30. The van der Waals surface area contributed by atoms with Gasteiger partial charge in [-0.25, -0.2) is 0 Å². The third kappa shape index (κ3) is 5.50. The third-order valence-electron chi connectivity index (χ3n) is 6.76. The lowest BCUT2D eigenvalue weighted by Gasteiger charge is -2.37. The van der Waals surface area contributed by atoms with Crippen molar-refractivity contribution in [2.45, 2.75) is 76.9 Å². The summed E-state index contributed by atoms with van der Waals surface area (Å²) < 4.78 is 6.05. The largest absolute Gasteiger partial charge is 0.493 e. The summed E-state index contributed by atoms with van der Waals surface area (Å²) in [5.41, 5.74) is 1.10. The van der Waals surface area contributed by atoms with Crippen LogP contribution < -0.4 is 4.74 Å². The lowest BCUT2D eigenvalue weighted by atomic mass is 9.74. The van der Waals surface area contributed by atoms with Crippen molar-refractivity contribution in [1.29, 1.82) is 0 Å². The fourth-order valence-electron chi connectivity index (χ4n) is 5.10. The summed E-state index contributed by atoms with van der Waals surface area (Å²) in [6.07, 6.45) is 10.2. The van der Waals surface area contributed by atoms with Crippen LogP contribution in [0, 0.1) is 24.7 Å². The standard InChI is InChI=1S/C22H35ClOSi/c1-3-12-25-13-10-20(11-14-25)19-6-4-18(5-7-19)16-24-21-8-9-22(23)17(2)15-21/h8-9,15,18-20,25H,3-7,10-14,16H2,1-2H3. The molecule has 1 saturated carbocycles. The van der Waals surface area contributed by atoms with E-state index >= 15 is 0 Å². The molecule has 1 aromatic carbocycles. The summed E-state index contributed by atoms with van der Waals surface area (Å²) in [6.45, 7) is 5.29. The second kappa shape index (κ2) is 9.46. The lowest BCUT2D eigenvalue weighted by Crippen LogP contribution is -2.29. The van der Waals surface area contributed by atoms with Gasteiger partial charge in [-0.1, -0.05) is 55.9 Å². The van der Waals surface area contributed by atoms with E-state index in [1.54, 1.807) is 31.0 Å². The molecule has 1 aliphatic carbocycles. The summed E-state index contributed by atoms with van der Waals surface area (Å²) >= 11 is 6.09. The van der Waals surface area contributed by atoms with Gasteiger partial charge in [-0.05, 0) is 74.1 Å². The minimum atomic E-state index is -0.315. The lowest BCUT2D eigenvalue weighted by molar-refractivity contribution is 0.148. The maximum Gasteiger partial charge on any atom is 0.119 e. The number of hydrogen-bond acceptors (Lipinski definition) is 1. The molecule has 0 radical (unpaired) electrons. The van der Waals surface area contributed by atoms with E-state index in [4.69, 9.17) is 16.3 Å². The molecule has 0 atom stereocenters. The fourth-order valence-corrected chi connectivity index (χ4v) is 8.70. The highest BCUT2D eigenvalue weighted by atomic mass is 35.5. The van der Waals surface area contributed by atoms with Gasteiger partial charge in [-0.3, -0.25) is 0 Å². The molecule has 0 bridgehead atoms. The maximum absolute atomic E-state index is 6.09. The molecule has 25 heavy (non-hydrogen) atoms. The van der Waals surface area contributed by atoms with E-state index in [1.807, 2.05) is 19.1 Å². The van der Waals surface area contributed by atoms with Crippen molar-refractivity contribution >= 4 is 20.4 Å². The SMILES string of the molecule is CCC[SiH]1CCC(C2CCC(COc3ccc(Cl)c(C)c3)CC2)CC1. The Morgan fingerprint density at radius 3 is 2.36 bits per heavy atom. The van der Waals surface area contributed by atoms with Crippen LogP contribution in [0.4, 0.5) is 0 Å². The van der Waals surface area contributed by atoms with Crippen LogP contribution in [0.3, 0.4) is 0 Å². The smallest absolute Gasteiger partial charge is 0.119 e. The van der Waals surface area contributed by atoms with E-state index in [0.717, 1.165) is 40.7 Å². The molecule has 1 nitrogen and oxygen atoms in total. The van der Waals surface area contributed by atoms with E-state index in [9.17, 15) is 0 Å². The van der Waals surface area contributed by atoms with Crippen molar-refractivity contribution in [1.82, 2.24) is 0 Å². The molecule has 3 heteroatoms. The molecular weight excluding hydrogens is 344 g/mol. The van der Waals surface area contributed by atoms with Gasteiger partial charge < -0.3 is 4.74 Å². The maximum atomic E-state index is 6.09. The molecule has 0 spiro atoms. The first-order valence-corrected chi connectivity index (χ1v) is 13.4. The summed E-state index contributed by atoms with van der Waals surface area (Å²) in [5, 5.41) is 0.824. The Morgan fingerprint density at radius 1 is 1.04 bits per heavy atom. The van der Waals surface area contributed by atoms with Crippen molar-refractivity contribution in [2.24, 2.45) is 17.8 Å². The molecule has 1 heterocycles. The van der Waals surface area contributed by atoms with Gasteiger partial charge in [0.05, 0.1) is 6.61 Å². The highest BCUT2D eigenvalue weighted by molar-refractivity contribution is 6.58. The van der Waals surface area contributed by atoms with Crippen molar-refractivity contribution in [3.8, 4) is 5.75 Å². The van der Waals surface area contributed by atoms with Crippen molar-refractivity contribution in [3.63, 3.8) is 0 Å². The Hall–Kier alpha value is -0.473. The van der Waals surface area contributed by atoms with Gasteiger partial charge in [0.15, 0.2) is 0 Å². The average molecular weight is 379 g/mol. The van der Waals surface area contributed by atoms with Gasteiger partial charge in [-0.15, -0.1) is 0 Å². The Balaban J connectivity index is 1.38. The number of benzene rings is 1. The van der Waals surface area contributed by atoms with Crippen LogP contribution in [0.2, 0.25) is 23.2 Å². The minimum Gasteiger partial charge on any atom is -0.493 e. The molecular formula is C22H35ClOSi. The van der Waals surface area contributed by atoms with Crippen molar-refractivity contribution in [2.75, 3.05) is 6.61 Å². The Bertz CT molecular complexity index is 531. The van der Waals surface area contributed by atoms with Crippen LogP contribution in [0.15, 0.2) is 18.2 Å². The van der Waals surface area contributed by atoms with Crippen LogP contribution in [0.25, 0.3) is 0 Å². The van der Waals surface area contributed by atoms with E-state index < -0.39 is 0 Å². The number of aryl methyl sites for hydroxylation is 1. The molecule has 2 fully saturated rings. The van der Waals surface area contributed by atoms with Gasteiger partial charge >= 0.3 is 0 Å². The fraction of sp³-hybridized carbons (Fsp3) is 0.727. The zero-order chi connectivity index (χ0) is 17.6. The highest BCUT2D eigenvalue weighted by Crippen LogP contribution is 2.41. The van der Waals surface area contributed by atoms with E-state index in [0.29, 0.717) is 0 Å². The predicted octanol–water partition coefficient (Wildman–Crippen LogP) is 6.88.